The van der Waals surface area contributed by atoms with E-state index in [1.165, 1.54) is 0 Å². The molecule has 0 aliphatic rings. The molecule has 0 aliphatic carbocycles. The molecule has 0 fully saturated rings. The van der Waals surface area contributed by atoms with E-state index in [-0.39, 0.29) is 12.1 Å². The predicted molar refractivity (Wildman–Crippen MR) is 40.1 cm³/mol. The second kappa shape index (κ2) is 6.01. The normalized spacial score (nSPS) is 10.0. The van der Waals surface area contributed by atoms with Crippen LogP contribution in [0.1, 0.15) is 20.8 Å². The maximum absolute atomic E-state index is 7.57. The monoisotopic (exact) mass is 134 g/mol. The molecule has 0 unspecified atom stereocenters. The number of nitrogens with two attached hydrogens (primary N) is 2. The quantitative estimate of drug-likeness (QED) is 0.460. The van der Waals surface area contributed by atoms with Gasteiger partial charge in [0, 0.05) is 18.7 Å². The average Bonchev–Trinajstić information content (AvgIpc) is 1.67. The van der Waals surface area contributed by atoms with E-state index in [1.807, 2.05) is 13.8 Å². The van der Waals surface area contributed by atoms with Gasteiger partial charge in [-0.3, -0.25) is 0 Å². The highest BCUT2D eigenvalue weighted by Gasteiger charge is 2.04. The van der Waals surface area contributed by atoms with Gasteiger partial charge in [-0.15, -0.1) is 0 Å². The highest BCUT2D eigenvalue weighted by molar-refractivity contribution is 4.70. The zero-order valence-electron chi connectivity index (χ0n) is 6.52. The lowest BCUT2D eigenvalue weighted by molar-refractivity contribution is 0.318. The van der Waals surface area contributed by atoms with E-state index in [0.717, 1.165) is 0 Å². The van der Waals surface area contributed by atoms with Gasteiger partial charge in [-0.25, -0.2) is 0 Å². The molecule has 3 nitrogen and oxygen atoms in total. The fourth-order valence-electron chi connectivity index (χ4n) is 0. The van der Waals surface area contributed by atoms with Crippen molar-refractivity contribution in [3.05, 3.63) is 0 Å². The summed E-state index contributed by atoms with van der Waals surface area (Å²) < 4.78 is 0. The summed E-state index contributed by atoms with van der Waals surface area (Å²) in [6.07, 6.45) is 0. The lowest BCUT2D eigenvalue weighted by Gasteiger charge is -2.13. The Kier molecular flexibility index (Phi) is 7.77. The Hall–Kier alpha value is -0.120. The Bertz CT molecular complexity index is 49.5. The topological polar surface area (TPSA) is 72.3 Å². The number of aliphatic hydroxyl groups is 1. The van der Waals surface area contributed by atoms with Crippen molar-refractivity contribution in [2.75, 3.05) is 13.2 Å². The maximum Gasteiger partial charge on any atom is 0.0402 e. The third kappa shape index (κ3) is 32.8. The molecule has 0 radical (unpaired) electrons. The Labute approximate surface area is 57.0 Å². The average molecular weight is 134 g/mol. The van der Waals surface area contributed by atoms with Crippen LogP contribution in [-0.4, -0.2) is 23.8 Å². The molecule has 0 aliphatic heterocycles. The minimum Gasteiger partial charge on any atom is -0.397 e. The summed E-state index contributed by atoms with van der Waals surface area (Å²) in [5, 5.41) is 7.57. The van der Waals surface area contributed by atoms with Gasteiger partial charge >= 0.3 is 0 Å². The molecule has 58 valence electrons. The molecule has 0 aromatic heterocycles. The van der Waals surface area contributed by atoms with Gasteiger partial charge in [-0.05, 0) is 20.8 Å². The van der Waals surface area contributed by atoms with Crippen LogP contribution in [0.3, 0.4) is 0 Å². The number of hydrogen-bond donors (Lipinski definition) is 3. The summed E-state index contributed by atoms with van der Waals surface area (Å²) in [5.41, 5.74) is 10.4. The lowest BCUT2D eigenvalue weighted by Crippen LogP contribution is -2.40. The van der Waals surface area contributed by atoms with Gasteiger partial charge in [-0.2, -0.15) is 0 Å². The predicted octanol–water partition coefficient (Wildman–Crippen LogP) is -0.319. The van der Waals surface area contributed by atoms with E-state index >= 15 is 0 Å². The first-order valence-corrected chi connectivity index (χ1v) is 3.07. The summed E-state index contributed by atoms with van der Waals surface area (Å²) in [6, 6.07) is 0. The van der Waals surface area contributed by atoms with Crippen LogP contribution in [0, 0.1) is 0 Å². The van der Waals surface area contributed by atoms with Gasteiger partial charge in [0.25, 0.3) is 0 Å². The van der Waals surface area contributed by atoms with Crippen molar-refractivity contribution >= 4 is 0 Å². The molecule has 0 bridgehead atoms. The number of rotatable bonds is 1. The highest BCUT2D eigenvalue weighted by Crippen LogP contribution is 1.88. The molecule has 0 atom stereocenters. The van der Waals surface area contributed by atoms with E-state index in [4.69, 9.17) is 16.6 Å². The molecule has 0 amide bonds. The molecule has 0 heterocycles. The lowest BCUT2D eigenvalue weighted by atomic mass is 10.1. The molecule has 0 saturated carbocycles. The highest BCUT2D eigenvalue weighted by atomic mass is 16.2. The van der Waals surface area contributed by atoms with Gasteiger partial charge in [-0.1, -0.05) is 0 Å². The molecule has 0 rings (SSSR count). The van der Waals surface area contributed by atoms with Crippen LogP contribution in [0.4, 0.5) is 0 Å². The van der Waals surface area contributed by atoms with Gasteiger partial charge in [0.1, 0.15) is 0 Å². The smallest absolute Gasteiger partial charge is 0.0402 e. The molecule has 5 N–H and O–H groups in total. The maximum atomic E-state index is 7.57. The Morgan fingerprint density at radius 3 is 1.56 bits per heavy atom. The van der Waals surface area contributed by atoms with Crippen molar-refractivity contribution in [1.82, 2.24) is 0 Å². The van der Waals surface area contributed by atoms with Gasteiger partial charge < -0.3 is 16.6 Å². The molecule has 0 aromatic rings. The Balaban J connectivity index is 0. The fourth-order valence-corrected chi connectivity index (χ4v) is 0. The van der Waals surface area contributed by atoms with E-state index < -0.39 is 0 Å². The van der Waals surface area contributed by atoms with Crippen LogP contribution >= 0.6 is 0 Å². The van der Waals surface area contributed by atoms with Crippen LogP contribution in [0.5, 0.6) is 0 Å². The van der Waals surface area contributed by atoms with Crippen molar-refractivity contribution in [3.63, 3.8) is 0 Å². The molecule has 0 spiro atoms. The van der Waals surface area contributed by atoms with Crippen LogP contribution in [-0.2, 0) is 0 Å². The molecular formula is C6H18N2O. The molecule has 3 heteroatoms. The SMILES string of the molecule is CC(C)(N)CN.CCO. The standard InChI is InChI=1S/C4H12N2.C2H6O/c1-4(2,6)3-5;1-2-3/h3,5-6H2,1-2H3;3H,2H2,1H3. The zero-order valence-corrected chi connectivity index (χ0v) is 6.52. The van der Waals surface area contributed by atoms with Gasteiger partial charge in [0.15, 0.2) is 0 Å². The minimum atomic E-state index is -0.181. The summed E-state index contributed by atoms with van der Waals surface area (Å²) in [6.45, 7) is 6.27. The molecular weight excluding hydrogens is 116 g/mol. The van der Waals surface area contributed by atoms with E-state index in [0.29, 0.717) is 6.54 Å². The van der Waals surface area contributed by atoms with Crippen LogP contribution in [0.2, 0.25) is 0 Å². The van der Waals surface area contributed by atoms with E-state index in [2.05, 4.69) is 0 Å². The Morgan fingerprint density at radius 2 is 1.56 bits per heavy atom. The van der Waals surface area contributed by atoms with Gasteiger partial charge in [0.2, 0.25) is 0 Å². The Morgan fingerprint density at radius 1 is 1.44 bits per heavy atom. The van der Waals surface area contributed by atoms with Crippen molar-refractivity contribution in [2.45, 2.75) is 26.3 Å². The van der Waals surface area contributed by atoms with E-state index in [1.54, 1.807) is 6.92 Å². The zero-order chi connectivity index (χ0) is 7.91. The third-order valence-corrected chi connectivity index (χ3v) is 0.526. The summed E-state index contributed by atoms with van der Waals surface area (Å²) in [7, 11) is 0. The third-order valence-electron chi connectivity index (χ3n) is 0.526. The first-order valence-electron chi connectivity index (χ1n) is 3.07. The van der Waals surface area contributed by atoms with Crippen LogP contribution < -0.4 is 11.5 Å². The van der Waals surface area contributed by atoms with Crippen LogP contribution in [0.25, 0.3) is 0 Å². The second-order valence-corrected chi connectivity index (χ2v) is 2.51. The summed E-state index contributed by atoms with van der Waals surface area (Å²) in [5.74, 6) is 0. The molecule has 0 aromatic carbocycles. The van der Waals surface area contributed by atoms with Crippen molar-refractivity contribution in [3.8, 4) is 0 Å². The summed E-state index contributed by atoms with van der Waals surface area (Å²) in [4.78, 5) is 0. The van der Waals surface area contributed by atoms with E-state index in [9.17, 15) is 0 Å². The molecule has 9 heavy (non-hydrogen) atoms. The summed E-state index contributed by atoms with van der Waals surface area (Å²) >= 11 is 0. The van der Waals surface area contributed by atoms with Crippen LogP contribution in [0.15, 0.2) is 0 Å². The number of hydrogen-bond acceptors (Lipinski definition) is 3. The van der Waals surface area contributed by atoms with Gasteiger partial charge in [0.05, 0.1) is 0 Å². The van der Waals surface area contributed by atoms with Crippen molar-refractivity contribution < 1.29 is 5.11 Å². The minimum absolute atomic E-state index is 0.181. The molecule has 0 saturated heterocycles. The largest absolute Gasteiger partial charge is 0.397 e. The number of aliphatic hydroxyl groups excluding tert-OH is 1. The first kappa shape index (κ1) is 11.6. The first-order chi connectivity index (χ1) is 3.97. The van der Waals surface area contributed by atoms with Crippen molar-refractivity contribution in [2.24, 2.45) is 11.5 Å². The van der Waals surface area contributed by atoms with Crippen molar-refractivity contribution in [1.29, 1.82) is 0 Å². The fraction of sp³-hybridized carbons (Fsp3) is 1.00. The second-order valence-electron chi connectivity index (χ2n) is 2.51.